The van der Waals surface area contributed by atoms with Gasteiger partial charge in [0.05, 0.1) is 22.3 Å². The van der Waals surface area contributed by atoms with Crippen molar-refractivity contribution in [3.05, 3.63) is 47.8 Å². The van der Waals surface area contributed by atoms with Gasteiger partial charge in [0, 0.05) is 15.7 Å². The van der Waals surface area contributed by atoms with Gasteiger partial charge >= 0.3 is 6.18 Å². The SMILES string of the molecule is FC(F)(F)c1cc2c3c(c1)nc(C1CCNCC1)n3-c1ccccc1S2. The molecule has 0 amide bonds. The van der Waals surface area contributed by atoms with Crippen LogP contribution in [0, 0.1) is 0 Å². The molecule has 0 bridgehead atoms. The number of nitrogens with one attached hydrogen (secondary N) is 1. The lowest BCUT2D eigenvalue weighted by Crippen LogP contribution is -2.28. The summed E-state index contributed by atoms with van der Waals surface area (Å²) in [5.41, 5.74) is 1.62. The number of halogens is 3. The van der Waals surface area contributed by atoms with Crippen LogP contribution in [0.5, 0.6) is 0 Å². The number of piperidine rings is 1. The van der Waals surface area contributed by atoms with E-state index in [4.69, 9.17) is 4.98 Å². The van der Waals surface area contributed by atoms with E-state index in [1.165, 1.54) is 23.9 Å². The molecule has 26 heavy (non-hydrogen) atoms. The van der Waals surface area contributed by atoms with Gasteiger partial charge in [-0.15, -0.1) is 0 Å². The Bertz CT molecular complexity index is 1000. The number of hydrogen-bond donors (Lipinski definition) is 1. The fourth-order valence-electron chi connectivity index (χ4n) is 3.88. The molecule has 3 heterocycles. The molecule has 2 aliphatic heterocycles. The molecule has 2 aromatic carbocycles. The van der Waals surface area contributed by atoms with Gasteiger partial charge in [0.15, 0.2) is 0 Å². The highest BCUT2D eigenvalue weighted by molar-refractivity contribution is 7.99. The van der Waals surface area contributed by atoms with Gasteiger partial charge in [-0.05, 0) is 50.2 Å². The topological polar surface area (TPSA) is 29.9 Å². The molecule has 1 N–H and O–H groups in total. The lowest BCUT2D eigenvalue weighted by atomic mass is 9.97. The minimum absolute atomic E-state index is 0.252. The summed E-state index contributed by atoms with van der Waals surface area (Å²) < 4.78 is 42.2. The van der Waals surface area contributed by atoms with Gasteiger partial charge < -0.3 is 5.32 Å². The first-order valence-electron chi connectivity index (χ1n) is 8.64. The van der Waals surface area contributed by atoms with Crippen molar-refractivity contribution in [1.29, 1.82) is 0 Å². The summed E-state index contributed by atoms with van der Waals surface area (Å²) in [6.07, 6.45) is -2.49. The molecule has 0 saturated carbocycles. The molecule has 2 aliphatic rings. The molecule has 0 radical (unpaired) electrons. The van der Waals surface area contributed by atoms with E-state index in [1.807, 2.05) is 24.3 Å². The fourth-order valence-corrected chi connectivity index (χ4v) is 5.00. The van der Waals surface area contributed by atoms with Gasteiger partial charge in [-0.1, -0.05) is 23.9 Å². The lowest BCUT2D eigenvalue weighted by Gasteiger charge is -2.26. The third-order valence-corrected chi connectivity index (χ3v) is 6.20. The van der Waals surface area contributed by atoms with E-state index in [0.29, 0.717) is 10.4 Å². The highest BCUT2D eigenvalue weighted by Gasteiger charge is 2.35. The van der Waals surface area contributed by atoms with Crippen molar-refractivity contribution in [2.24, 2.45) is 0 Å². The lowest BCUT2D eigenvalue weighted by molar-refractivity contribution is -0.137. The first kappa shape index (κ1) is 16.2. The highest BCUT2D eigenvalue weighted by atomic mass is 32.2. The zero-order valence-electron chi connectivity index (χ0n) is 13.8. The molecule has 5 rings (SSSR count). The van der Waals surface area contributed by atoms with Crippen molar-refractivity contribution in [1.82, 2.24) is 14.9 Å². The fraction of sp³-hybridized carbons (Fsp3) is 0.316. The Kier molecular flexibility index (Phi) is 3.59. The minimum atomic E-state index is -4.37. The van der Waals surface area contributed by atoms with E-state index in [9.17, 15) is 13.2 Å². The molecule has 0 atom stereocenters. The molecular weight excluding hydrogens is 359 g/mol. The Hall–Kier alpha value is -1.99. The Balaban J connectivity index is 1.81. The van der Waals surface area contributed by atoms with Crippen molar-refractivity contribution in [3.63, 3.8) is 0 Å². The number of nitrogens with zero attached hydrogens (tertiary/aromatic N) is 2. The largest absolute Gasteiger partial charge is 0.416 e. The molecule has 1 saturated heterocycles. The molecule has 0 aliphatic carbocycles. The Morgan fingerprint density at radius 2 is 1.85 bits per heavy atom. The minimum Gasteiger partial charge on any atom is -0.317 e. The van der Waals surface area contributed by atoms with Gasteiger partial charge in [0.1, 0.15) is 5.82 Å². The van der Waals surface area contributed by atoms with Crippen LogP contribution in [0.2, 0.25) is 0 Å². The van der Waals surface area contributed by atoms with E-state index in [1.54, 1.807) is 0 Å². The highest BCUT2D eigenvalue weighted by Crippen LogP contribution is 2.47. The van der Waals surface area contributed by atoms with Crippen LogP contribution in [-0.2, 0) is 6.18 Å². The number of aromatic nitrogens is 2. The van der Waals surface area contributed by atoms with Crippen LogP contribution < -0.4 is 5.32 Å². The number of benzene rings is 2. The summed E-state index contributed by atoms with van der Waals surface area (Å²) in [4.78, 5) is 6.30. The number of fused-ring (bicyclic) bond motifs is 2. The number of imidazole rings is 1. The number of rotatable bonds is 1. The van der Waals surface area contributed by atoms with Crippen LogP contribution in [0.25, 0.3) is 16.7 Å². The maximum Gasteiger partial charge on any atom is 0.416 e. The summed E-state index contributed by atoms with van der Waals surface area (Å²) in [6, 6.07) is 10.3. The third-order valence-electron chi connectivity index (χ3n) is 5.10. The van der Waals surface area contributed by atoms with Gasteiger partial charge in [-0.3, -0.25) is 4.57 Å². The Morgan fingerprint density at radius 3 is 2.62 bits per heavy atom. The monoisotopic (exact) mass is 375 g/mol. The second-order valence-electron chi connectivity index (χ2n) is 6.74. The average Bonchev–Trinajstić information content (AvgIpc) is 3.03. The van der Waals surface area contributed by atoms with E-state index in [-0.39, 0.29) is 5.92 Å². The van der Waals surface area contributed by atoms with E-state index in [2.05, 4.69) is 9.88 Å². The van der Waals surface area contributed by atoms with E-state index >= 15 is 0 Å². The van der Waals surface area contributed by atoms with Crippen LogP contribution in [0.1, 0.15) is 30.1 Å². The van der Waals surface area contributed by atoms with Crippen molar-refractivity contribution in [2.45, 2.75) is 34.7 Å². The predicted molar refractivity (Wildman–Crippen MR) is 95.0 cm³/mol. The molecule has 0 unspecified atom stereocenters. The van der Waals surface area contributed by atoms with Crippen molar-refractivity contribution >= 4 is 22.8 Å². The van der Waals surface area contributed by atoms with Gasteiger partial charge in [0.2, 0.25) is 0 Å². The van der Waals surface area contributed by atoms with Crippen LogP contribution in [0.4, 0.5) is 13.2 Å². The second-order valence-corrected chi connectivity index (χ2v) is 7.82. The molecular formula is C19H16F3N3S. The molecule has 134 valence electrons. The van der Waals surface area contributed by atoms with Gasteiger partial charge in [-0.2, -0.15) is 13.2 Å². The third kappa shape index (κ3) is 2.45. The quantitative estimate of drug-likeness (QED) is 0.509. The van der Waals surface area contributed by atoms with Gasteiger partial charge in [0.25, 0.3) is 0 Å². The maximum atomic E-state index is 13.4. The first-order valence-corrected chi connectivity index (χ1v) is 9.45. The number of para-hydroxylation sites is 1. The first-order chi connectivity index (χ1) is 12.5. The number of hydrogen-bond acceptors (Lipinski definition) is 3. The second kappa shape index (κ2) is 5.76. The molecule has 3 nitrogen and oxygen atoms in total. The smallest absolute Gasteiger partial charge is 0.317 e. The normalized spacial score (nSPS) is 17.5. The maximum absolute atomic E-state index is 13.4. The molecule has 0 spiro atoms. The van der Waals surface area contributed by atoms with Crippen LogP contribution in [0.3, 0.4) is 0 Å². The summed E-state index contributed by atoms with van der Waals surface area (Å²) in [6.45, 7) is 1.82. The number of alkyl halides is 3. The zero-order valence-corrected chi connectivity index (χ0v) is 14.6. The summed E-state index contributed by atoms with van der Waals surface area (Å²) in [5, 5.41) is 3.34. The van der Waals surface area contributed by atoms with Crippen LogP contribution in [-0.4, -0.2) is 22.6 Å². The zero-order chi connectivity index (χ0) is 17.9. The Labute approximate surface area is 152 Å². The van der Waals surface area contributed by atoms with Crippen molar-refractivity contribution in [2.75, 3.05) is 13.1 Å². The summed E-state index contributed by atoms with van der Waals surface area (Å²) in [7, 11) is 0. The summed E-state index contributed by atoms with van der Waals surface area (Å²) >= 11 is 1.39. The van der Waals surface area contributed by atoms with E-state index in [0.717, 1.165) is 47.9 Å². The standard InChI is InChI=1S/C19H16F3N3S/c20-19(21,22)12-9-13-17-16(10-12)26-15-4-2-1-3-14(15)25(17)18(24-13)11-5-7-23-8-6-11/h1-4,9-11,23H,5-8H2. The average molecular weight is 375 g/mol. The molecule has 1 fully saturated rings. The van der Waals surface area contributed by atoms with E-state index < -0.39 is 11.7 Å². The summed E-state index contributed by atoms with van der Waals surface area (Å²) in [5.74, 6) is 1.14. The van der Waals surface area contributed by atoms with Crippen molar-refractivity contribution < 1.29 is 13.2 Å². The van der Waals surface area contributed by atoms with Crippen LogP contribution in [0.15, 0.2) is 46.2 Å². The molecule has 3 aromatic rings. The Morgan fingerprint density at radius 1 is 1.08 bits per heavy atom. The van der Waals surface area contributed by atoms with Gasteiger partial charge in [-0.25, -0.2) is 4.98 Å². The molecule has 1 aromatic heterocycles. The van der Waals surface area contributed by atoms with Crippen LogP contribution >= 0.6 is 11.8 Å². The predicted octanol–water partition coefficient (Wildman–Crippen LogP) is 4.98. The van der Waals surface area contributed by atoms with Crippen molar-refractivity contribution in [3.8, 4) is 5.69 Å². The molecule has 7 heteroatoms.